The summed E-state index contributed by atoms with van der Waals surface area (Å²) in [5.41, 5.74) is -0.898. The molecule has 70 valence electrons. The Hall–Kier alpha value is -0.740. The molecule has 0 amide bonds. The summed E-state index contributed by atoms with van der Waals surface area (Å²) < 4.78 is 10.3. The summed E-state index contributed by atoms with van der Waals surface area (Å²) in [6, 6.07) is 5.14. The van der Waals surface area contributed by atoms with E-state index in [2.05, 4.69) is 15.9 Å². The van der Waals surface area contributed by atoms with Gasteiger partial charge in [0, 0.05) is 11.6 Å². The molecule has 0 unspecified atom stereocenters. The van der Waals surface area contributed by atoms with E-state index in [0.717, 1.165) is 0 Å². The molecule has 1 aromatic carbocycles. The van der Waals surface area contributed by atoms with E-state index < -0.39 is 5.43 Å². The van der Waals surface area contributed by atoms with Crippen molar-refractivity contribution in [2.45, 2.75) is 0 Å². The summed E-state index contributed by atoms with van der Waals surface area (Å²) >= 11 is 8.28. The molecule has 0 heterocycles. The molecule has 0 radical (unpaired) electrons. The van der Waals surface area contributed by atoms with Crippen LogP contribution in [-0.4, -0.2) is 12.5 Å². The molecule has 0 atom stereocenters. The molecule has 0 bridgehead atoms. The van der Waals surface area contributed by atoms with Crippen molar-refractivity contribution in [3.63, 3.8) is 0 Å². The second-order valence-electron chi connectivity index (χ2n) is 2.11. The standard InChI is InChI=1S/C8H6BrClO3/c1-12-6-4-2-3-5(9)7(6)13-8(10)11/h2-4H,1H3. The Morgan fingerprint density at radius 1 is 1.54 bits per heavy atom. The van der Waals surface area contributed by atoms with Gasteiger partial charge in [0.25, 0.3) is 0 Å². The number of halogens is 2. The minimum absolute atomic E-state index is 0.282. The summed E-state index contributed by atoms with van der Waals surface area (Å²) in [6.45, 7) is 0. The van der Waals surface area contributed by atoms with E-state index >= 15 is 0 Å². The van der Waals surface area contributed by atoms with Gasteiger partial charge in [-0.2, -0.15) is 0 Å². The third-order valence-corrected chi connectivity index (χ3v) is 2.03. The van der Waals surface area contributed by atoms with Crippen molar-refractivity contribution in [3.8, 4) is 11.5 Å². The maximum absolute atomic E-state index is 10.5. The maximum atomic E-state index is 10.5. The van der Waals surface area contributed by atoms with Gasteiger partial charge in [-0.1, -0.05) is 6.07 Å². The van der Waals surface area contributed by atoms with E-state index in [9.17, 15) is 4.79 Å². The number of ether oxygens (including phenoxy) is 2. The first-order chi connectivity index (χ1) is 6.15. The fourth-order valence-corrected chi connectivity index (χ4v) is 1.34. The Morgan fingerprint density at radius 2 is 2.23 bits per heavy atom. The van der Waals surface area contributed by atoms with Crippen LogP contribution >= 0.6 is 27.5 Å². The van der Waals surface area contributed by atoms with Crippen molar-refractivity contribution in [3.05, 3.63) is 22.7 Å². The molecule has 5 heteroatoms. The first-order valence-electron chi connectivity index (χ1n) is 3.35. The molecule has 0 aliphatic heterocycles. The molecule has 1 aromatic rings. The van der Waals surface area contributed by atoms with Crippen molar-refractivity contribution >= 4 is 33.0 Å². The molecule has 0 saturated carbocycles. The SMILES string of the molecule is COc1cccc(Br)c1OC(=O)Cl. The zero-order valence-corrected chi connectivity index (χ0v) is 9.05. The van der Waals surface area contributed by atoms with Crippen LogP contribution in [-0.2, 0) is 0 Å². The van der Waals surface area contributed by atoms with Crippen molar-refractivity contribution in [2.24, 2.45) is 0 Å². The minimum Gasteiger partial charge on any atom is -0.493 e. The van der Waals surface area contributed by atoms with Gasteiger partial charge in [-0.05, 0) is 28.1 Å². The summed E-state index contributed by atoms with van der Waals surface area (Å²) in [5, 5.41) is 0. The van der Waals surface area contributed by atoms with Gasteiger partial charge in [-0.15, -0.1) is 0 Å². The van der Waals surface area contributed by atoms with Crippen LogP contribution in [0.3, 0.4) is 0 Å². The van der Waals surface area contributed by atoms with E-state index in [0.29, 0.717) is 10.2 Å². The van der Waals surface area contributed by atoms with Crippen molar-refractivity contribution in [1.29, 1.82) is 0 Å². The highest BCUT2D eigenvalue weighted by Gasteiger charge is 2.11. The second kappa shape index (κ2) is 4.48. The summed E-state index contributed by atoms with van der Waals surface area (Å²) in [5.74, 6) is 0.730. The largest absolute Gasteiger partial charge is 0.493 e. The zero-order valence-electron chi connectivity index (χ0n) is 6.71. The van der Waals surface area contributed by atoms with Crippen molar-refractivity contribution < 1.29 is 14.3 Å². The molecule has 0 aromatic heterocycles. The Balaban J connectivity index is 3.07. The number of carbonyl (C=O) groups excluding carboxylic acids is 1. The highest BCUT2D eigenvalue weighted by Crippen LogP contribution is 2.35. The summed E-state index contributed by atoms with van der Waals surface area (Å²) in [6.07, 6.45) is 0. The molecule has 0 fully saturated rings. The average molecular weight is 265 g/mol. The molecule has 1 rings (SSSR count). The van der Waals surface area contributed by atoms with E-state index in [1.807, 2.05) is 0 Å². The first kappa shape index (κ1) is 10.3. The number of methoxy groups -OCH3 is 1. The predicted octanol–water partition coefficient (Wildman–Crippen LogP) is 3.20. The minimum atomic E-state index is -0.898. The van der Waals surface area contributed by atoms with Gasteiger partial charge in [0.1, 0.15) is 0 Å². The van der Waals surface area contributed by atoms with Crippen LogP contribution in [0.15, 0.2) is 22.7 Å². The van der Waals surface area contributed by atoms with Crippen LogP contribution in [0.5, 0.6) is 11.5 Å². The molecule has 0 aliphatic carbocycles. The monoisotopic (exact) mass is 264 g/mol. The number of hydrogen-bond acceptors (Lipinski definition) is 3. The normalized spacial score (nSPS) is 9.46. The molecule has 3 nitrogen and oxygen atoms in total. The van der Waals surface area contributed by atoms with E-state index in [4.69, 9.17) is 21.1 Å². The van der Waals surface area contributed by atoms with Gasteiger partial charge < -0.3 is 9.47 Å². The van der Waals surface area contributed by atoms with Crippen LogP contribution in [0.1, 0.15) is 0 Å². The van der Waals surface area contributed by atoms with E-state index in [1.54, 1.807) is 18.2 Å². The van der Waals surface area contributed by atoms with Gasteiger partial charge in [-0.3, -0.25) is 0 Å². The summed E-state index contributed by atoms with van der Waals surface area (Å²) in [7, 11) is 1.48. The number of hydrogen-bond donors (Lipinski definition) is 0. The molecule has 0 spiro atoms. The average Bonchev–Trinajstić information content (AvgIpc) is 2.08. The number of para-hydroxylation sites is 1. The maximum Gasteiger partial charge on any atom is 0.409 e. The fraction of sp³-hybridized carbons (Fsp3) is 0.125. The van der Waals surface area contributed by atoms with Gasteiger partial charge in [-0.25, -0.2) is 4.79 Å². The summed E-state index contributed by atoms with van der Waals surface area (Å²) in [4.78, 5) is 10.5. The number of carbonyl (C=O) groups is 1. The Labute approximate surface area is 88.7 Å². The van der Waals surface area contributed by atoms with E-state index in [-0.39, 0.29) is 5.75 Å². The molecular weight excluding hydrogens is 259 g/mol. The Kier molecular flexibility index (Phi) is 3.57. The fourth-order valence-electron chi connectivity index (χ4n) is 0.829. The highest BCUT2D eigenvalue weighted by molar-refractivity contribution is 9.10. The van der Waals surface area contributed by atoms with Gasteiger partial charge in [0.05, 0.1) is 11.6 Å². The molecule has 13 heavy (non-hydrogen) atoms. The molecule has 0 aliphatic rings. The number of rotatable bonds is 2. The topological polar surface area (TPSA) is 35.5 Å². The lowest BCUT2D eigenvalue weighted by Crippen LogP contribution is -1.99. The van der Waals surface area contributed by atoms with Crippen molar-refractivity contribution in [2.75, 3.05) is 7.11 Å². The first-order valence-corrected chi connectivity index (χ1v) is 4.52. The molecule has 0 N–H and O–H groups in total. The third kappa shape index (κ3) is 2.60. The van der Waals surface area contributed by atoms with Gasteiger partial charge in [0.15, 0.2) is 11.5 Å². The third-order valence-electron chi connectivity index (χ3n) is 1.33. The molecular formula is C8H6BrClO3. The predicted molar refractivity (Wildman–Crippen MR) is 52.6 cm³/mol. The van der Waals surface area contributed by atoms with Crippen LogP contribution < -0.4 is 9.47 Å². The van der Waals surface area contributed by atoms with Crippen molar-refractivity contribution in [1.82, 2.24) is 0 Å². The zero-order chi connectivity index (χ0) is 9.84. The highest BCUT2D eigenvalue weighted by atomic mass is 79.9. The smallest absolute Gasteiger partial charge is 0.409 e. The Bertz CT molecular complexity index is 327. The lowest BCUT2D eigenvalue weighted by molar-refractivity contribution is 0.223. The quantitative estimate of drug-likeness (QED) is 0.770. The van der Waals surface area contributed by atoms with Crippen LogP contribution in [0.4, 0.5) is 4.79 Å². The number of benzene rings is 1. The lowest BCUT2D eigenvalue weighted by atomic mass is 10.3. The van der Waals surface area contributed by atoms with Gasteiger partial charge in [0.2, 0.25) is 0 Å². The second-order valence-corrected chi connectivity index (χ2v) is 3.27. The van der Waals surface area contributed by atoms with Crippen LogP contribution in [0.2, 0.25) is 0 Å². The molecule has 0 saturated heterocycles. The van der Waals surface area contributed by atoms with Crippen LogP contribution in [0.25, 0.3) is 0 Å². The van der Waals surface area contributed by atoms with Gasteiger partial charge >= 0.3 is 5.43 Å². The van der Waals surface area contributed by atoms with E-state index in [1.165, 1.54) is 7.11 Å². The van der Waals surface area contributed by atoms with Crippen LogP contribution in [0, 0.1) is 0 Å². The Morgan fingerprint density at radius 3 is 2.77 bits per heavy atom. The lowest BCUT2D eigenvalue weighted by Gasteiger charge is -2.07.